The molecule has 41 heavy (non-hydrogen) atoms. The van der Waals surface area contributed by atoms with Gasteiger partial charge in [-0.2, -0.15) is 4.31 Å². The van der Waals surface area contributed by atoms with Crippen molar-refractivity contribution in [2.75, 3.05) is 13.1 Å². The minimum absolute atomic E-state index is 0.0697. The summed E-state index contributed by atoms with van der Waals surface area (Å²) in [7, 11) is -4.38. The van der Waals surface area contributed by atoms with Gasteiger partial charge in [0.2, 0.25) is 21.8 Å². The highest BCUT2D eigenvalue weighted by atomic mass is 32.2. The van der Waals surface area contributed by atoms with E-state index < -0.39 is 58.4 Å². The smallest absolute Gasteiger partial charge is 0.305 e. The van der Waals surface area contributed by atoms with Gasteiger partial charge >= 0.3 is 11.9 Å². The molecule has 214 valence electrons. The zero-order chi connectivity index (χ0) is 29.3. The number of carboxylic acid groups (broad SMARTS) is 2. The number of benzene rings is 3. The van der Waals surface area contributed by atoms with Crippen molar-refractivity contribution >= 4 is 44.5 Å². The van der Waals surface area contributed by atoms with E-state index in [0.29, 0.717) is 5.39 Å². The third kappa shape index (κ3) is 5.52. The fraction of sp³-hybridized carbons (Fsp3) is 0.310. The van der Waals surface area contributed by atoms with Crippen LogP contribution in [0, 0.1) is 0 Å². The summed E-state index contributed by atoms with van der Waals surface area (Å²) in [4.78, 5) is 52.9. The van der Waals surface area contributed by atoms with Crippen LogP contribution in [-0.4, -0.2) is 87.8 Å². The largest absolute Gasteiger partial charge is 0.481 e. The lowest BCUT2D eigenvalue weighted by atomic mass is 10.00. The number of fused-ring (bicyclic) bond motifs is 2. The fourth-order valence-electron chi connectivity index (χ4n) is 5.65. The normalized spacial score (nSPS) is 21.3. The lowest BCUT2D eigenvalue weighted by molar-refractivity contribution is -0.153. The Labute approximate surface area is 236 Å². The van der Waals surface area contributed by atoms with Crippen molar-refractivity contribution in [2.45, 2.75) is 48.8 Å². The van der Waals surface area contributed by atoms with Crippen LogP contribution in [0.15, 0.2) is 77.7 Å². The number of piperazine rings is 1. The number of rotatable bonds is 10. The third-order valence-electron chi connectivity index (χ3n) is 7.57. The Balaban J connectivity index is 1.60. The van der Waals surface area contributed by atoms with Gasteiger partial charge in [-0.25, -0.2) is 8.42 Å². The molecule has 2 saturated heterocycles. The van der Waals surface area contributed by atoms with E-state index in [2.05, 4.69) is 0 Å². The molecule has 0 aliphatic carbocycles. The minimum Gasteiger partial charge on any atom is -0.481 e. The predicted octanol–water partition coefficient (Wildman–Crippen LogP) is 2.16. The van der Waals surface area contributed by atoms with Crippen molar-refractivity contribution in [2.24, 2.45) is 0 Å². The van der Waals surface area contributed by atoms with E-state index in [4.69, 9.17) is 0 Å². The molecule has 2 fully saturated rings. The zero-order valence-electron chi connectivity index (χ0n) is 22.0. The second kappa shape index (κ2) is 11.3. The van der Waals surface area contributed by atoms with Gasteiger partial charge in [-0.05, 0) is 34.9 Å². The summed E-state index contributed by atoms with van der Waals surface area (Å²) in [6.07, 6.45) is -2.15. The standard InChI is InChI=1S/C29H29N3O8S/c33-26(34)13-12-23-29(38)31-24(16-19-6-2-1-3-7-19)28(37)30(15-14-27(35)36)18-25(31)32(23)41(39,40)22-11-10-20-8-4-5-9-21(20)17-22/h1-11,17,23-25H,12-16,18H2,(H,33,34)(H,35,36). The number of sulfonamides is 1. The van der Waals surface area contributed by atoms with E-state index in [9.17, 15) is 37.8 Å². The molecule has 2 N–H and O–H groups in total. The van der Waals surface area contributed by atoms with Gasteiger partial charge in [-0.3, -0.25) is 19.2 Å². The van der Waals surface area contributed by atoms with Crippen LogP contribution in [0.2, 0.25) is 0 Å². The van der Waals surface area contributed by atoms with Gasteiger partial charge < -0.3 is 20.0 Å². The van der Waals surface area contributed by atoms with E-state index in [0.717, 1.165) is 15.3 Å². The molecule has 0 radical (unpaired) electrons. The molecule has 0 bridgehead atoms. The molecule has 3 unspecified atom stereocenters. The maximum absolute atomic E-state index is 14.3. The van der Waals surface area contributed by atoms with Crippen LogP contribution in [0.4, 0.5) is 0 Å². The average Bonchev–Trinajstić information content (AvgIpc) is 3.24. The third-order valence-corrected chi connectivity index (χ3v) is 9.48. The number of nitrogens with zero attached hydrogens (tertiary/aromatic N) is 3. The highest BCUT2D eigenvalue weighted by Gasteiger charge is 2.58. The molecule has 2 aliphatic rings. The zero-order valence-corrected chi connectivity index (χ0v) is 22.8. The van der Waals surface area contributed by atoms with Crippen LogP contribution in [0.1, 0.15) is 24.8 Å². The van der Waals surface area contributed by atoms with Crippen molar-refractivity contribution in [3.05, 3.63) is 78.4 Å². The first-order chi connectivity index (χ1) is 19.6. The Morgan fingerprint density at radius 2 is 1.46 bits per heavy atom. The molecule has 3 aromatic rings. The van der Waals surface area contributed by atoms with Gasteiger partial charge in [0.05, 0.1) is 17.9 Å². The SMILES string of the molecule is O=C(O)CCC1C(=O)N2C(Cc3ccccc3)C(=O)N(CCC(=O)O)CC2N1S(=O)(=O)c1ccc2ccccc2c1. The van der Waals surface area contributed by atoms with Crippen molar-refractivity contribution in [3.63, 3.8) is 0 Å². The molecule has 3 aromatic carbocycles. The molecular weight excluding hydrogens is 550 g/mol. The molecular formula is C29H29N3O8S. The van der Waals surface area contributed by atoms with Gasteiger partial charge in [0.1, 0.15) is 18.2 Å². The molecule has 3 atom stereocenters. The molecule has 0 aromatic heterocycles. The highest BCUT2D eigenvalue weighted by Crippen LogP contribution is 2.37. The van der Waals surface area contributed by atoms with Crippen molar-refractivity contribution < 1.29 is 37.8 Å². The Kier molecular flexibility index (Phi) is 7.78. The Morgan fingerprint density at radius 3 is 2.15 bits per heavy atom. The number of aliphatic carboxylic acids is 2. The maximum atomic E-state index is 14.3. The number of carboxylic acids is 2. The fourth-order valence-corrected chi connectivity index (χ4v) is 7.43. The van der Waals surface area contributed by atoms with E-state index >= 15 is 0 Å². The topological polar surface area (TPSA) is 153 Å². The summed E-state index contributed by atoms with van der Waals surface area (Å²) in [6, 6.07) is 18.3. The molecule has 5 rings (SSSR count). The van der Waals surface area contributed by atoms with Crippen LogP contribution in [0.5, 0.6) is 0 Å². The van der Waals surface area contributed by atoms with Gasteiger partial charge in [0.25, 0.3) is 0 Å². The Hall–Kier alpha value is -4.29. The van der Waals surface area contributed by atoms with E-state index in [1.54, 1.807) is 48.5 Å². The lowest BCUT2D eigenvalue weighted by Crippen LogP contribution is -2.64. The van der Waals surface area contributed by atoms with Crippen LogP contribution < -0.4 is 0 Å². The summed E-state index contributed by atoms with van der Waals surface area (Å²) in [5.74, 6) is -3.44. The first-order valence-corrected chi connectivity index (χ1v) is 14.6. The maximum Gasteiger partial charge on any atom is 0.305 e. The van der Waals surface area contributed by atoms with Crippen molar-refractivity contribution in [1.82, 2.24) is 14.1 Å². The van der Waals surface area contributed by atoms with E-state index in [1.807, 2.05) is 12.1 Å². The second-order valence-electron chi connectivity index (χ2n) is 10.2. The quantitative estimate of drug-likeness (QED) is 0.371. The molecule has 12 heteroatoms. The summed E-state index contributed by atoms with van der Waals surface area (Å²) < 4.78 is 29.5. The molecule has 0 spiro atoms. The van der Waals surface area contributed by atoms with Crippen LogP contribution in [-0.2, 0) is 35.6 Å². The first kappa shape index (κ1) is 28.2. The lowest BCUT2D eigenvalue weighted by Gasteiger charge is -2.44. The monoisotopic (exact) mass is 579 g/mol. The number of carbonyl (C=O) groups is 4. The van der Waals surface area contributed by atoms with Crippen LogP contribution in [0.25, 0.3) is 10.8 Å². The summed E-state index contributed by atoms with van der Waals surface area (Å²) >= 11 is 0. The first-order valence-electron chi connectivity index (χ1n) is 13.2. The van der Waals surface area contributed by atoms with Gasteiger partial charge in [0, 0.05) is 19.4 Å². The summed E-state index contributed by atoms with van der Waals surface area (Å²) in [5.41, 5.74) is 0.732. The number of hydrogen-bond donors (Lipinski definition) is 2. The number of carbonyl (C=O) groups excluding carboxylic acids is 2. The van der Waals surface area contributed by atoms with Gasteiger partial charge in [-0.1, -0.05) is 60.7 Å². The predicted molar refractivity (Wildman–Crippen MR) is 147 cm³/mol. The minimum atomic E-state index is -4.38. The molecule has 2 aliphatic heterocycles. The number of amides is 2. The second-order valence-corrected chi connectivity index (χ2v) is 12.0. The molecule has 11 nitrogen and oxygen atoms in total. The van der Waals surface area contributed by atoms with E-state index in [-0.39, 0.29) is 37.2 Å². The molecule has 0 saturated carbocycles. The van der Waals surface area contributed by atoms with Crippen LogP contribution >= 0.6 is 0 Å². The Morgan fingerprint density at radius 1 is 0.805 bits per heavy atom. The highest BCUT2D eigenvalue weighted by molar-refractivity contribution is 7.89. The average molecular weight is 580 g/mol. The van der Waals surface area contributed by atoms with Gasteiger partial charge in [0.15, 0.2) is 0 Å². The van der Waals surface area contributed by atoms with Gasteiger partial charge in [-0.15, -0.1) is 0 Å². The van der Waals surface area contributed by atoms with Crippen molar-refractivity contribution in [3.8, 4) is 0 Å². The summed E-state index contributed by atoms with van der Waals surface area (Å²) in [5, 5.41) is 20.1. The molecule has 2 heterocycles. The van der Waals surface area contributed by atoms with Crippen LogP contribution in [0.3, 0.4) is 0 Å². The summed E-state index contributed by atoms with van der Waals surface area (Å²) in [6.45, 7) is -0.402. The molecule has 2 amide bonds. The Bertz CT molecular complexity index is 1610. The number of hydrogen-bond acceptors (Lipinski definition) is 6. The van der Waals surface area contributed by atoms with E-state index in [1.165, 1.54) is 21.9 Å². The van der Waals surface area contributed by atoms with Crippen molar-refractivity contribution in [1.29, 1.82) is 0 Å².